The first kappa shape index (κ1) is 27.6. The van der Waals surface area contributed by atoms with Crippen molar-refractivity contribution in [3.63, 3.8) is 0 Å². The molecule has 1 unspecified atom stereocenters. The van der Waals surface area contributed by atoms with E-state index in [9.17, 15) is 9.59 Å². The molecule has 3 aromatic rings. The second-order valence-electron chi connectivity index (χ2n) is 9.33. The number of hydrogen-bond donors (Lipinski definition) is 1. The second-order valence-corrected chi connectivity index (χ2v) is 11.3. The number of benzene rings is 3. The van der Waals surface area contributed by atoms with Gasteiger partial charge in [0.05, 0.1) is 0 Å². The minimum absolute atomic E-state index is 0.0954. The van der Waals surface area contributed by atoms with E-state index in [1.54, 1.807) is 34.9 Å². The fraction of sp³-hybridized carbons (Fsp3) is 0.333. The highest BCUT2D eigenvalue weighted by atomic mass is 35.5. The summed E-state index contributed by atoms with van der Waals surface area (Å²) < 4.78 is 0. The molecule has 1 atom stereocenters. The zero-order valence-electron chi connectivity index (χ0n) is 20.7. The van der Waals surface area contributed by atoms with Crippen LogP contribution in [0.5, 0.6) is 0 Å². The number of amides is 2. The molecule has 1 N–H and O–H groups in total. The molecule has 0 heterocycles. The third kappa shape index (κ3) is 8.00. The van der Waals surface area contributed by atoms with Crippen molar-refractivity contribution in [1.82, 2.24) is 10.2 Å². The Balaban J connectivity index is 1.60. The molecule has 0 spiro atoms. The summed E-state index contributed by atoms with van der Waals surface area (Å²) in [6.45, 7) is 0.170. The van der Waals surface area contributed by atoms with Crippen LogP contribution in [-0.2, 0) is 22.6 Å². The summed E-state index contributed by atoms with van der Waals surface area (Å²) in [5, 5.41) is 4.20. The van der Waals surface area contributed by atoms with Gasteiger partial charge in [-0.25, -0.2) is 0 Å². The van der Waals surface area contributed by atoms with Crippen molar-refractivity contribution in [2.45, 2.75) is 62.0 Å². The first-order valence-corrected chi connectivity index (χ1v) is 14.5. The number of carbonyl (C=O) groups excluding carboxylic acids is 2. The number of carbonyl (C=O) groups is 2. The van der Waals surface area contributed by atoms with E-state index in [-0.39, 0.29) is 24.4 Å². The Labute approximate surface area is 233 Å². The number of hydrogen-bond acceptors (Lipinski definition) is 3. The van der Waals surface area contributed by atoms with Crippen LogP contribution >= 0.6 is 35.0 Å². The predicted octanol–water partition coefficient (Wildman–Crippen LogP) is 7.17. The minimum atomic E-state index is -0.676. The molecule has 194 valence electrons. The number of nitrogens with one attached hydrogen (secondary N) is 1. The quantitative estimate of drug-likeness (QED) is 0.255. The molecule has 7 heteroatoms. The highest BCUT2D eigenvalue weighted by Gasteiger charge is 2.32. The molecule has 1 aliphatic rings. The molecule has 1 fully saturated rings. The molecule has 0 radical (unpaired) electrons. The molecule has 4 rings (SSSR count). The van der Waals surface area contributed by atoms with E-state index in [2.05, 4.69) is 5.32 Å². The normalized spacial score (nSPS) is 14.3. The average molecular weight is 556 g/mol. The maximum absolute atomic E-state index is 13.8. The molecule has 37 heavy (non-hydrogen) atoms. The Hall–Kier alpha value is -2.47. The molecule has 0 saturated heterocycles. The predicted molar refractivity (Wildman–Crippen MR) is 153 cm³/mol. The van der Waals surface area contributed by atoms with Crippen LogP contribution in [0.2, 0.25) is 10.0 Å². The van der Waals surface area contributed by atoms with E-state index in [1.807, 2.05) is 60.7 Å². The maximum Gasteiger partial charge on any atom is 0.243 e. The Kier molecular flexibility index (Phi) is 10.4. The van der Waals surface area contributed by atoms with Crippen molar-refractivity contribution < 1.29 is 9.59 Å². The van der Waals surface area contributed by atoms with Gasteiger partial charge in [0.2, 0.25) is 11.8 Å². The van der Waals surface area contributed by atoms with Crippen LogP contribution in [0.1, 0.15) is 43.2 Å². The van der Waals surface area contributed by atoms with E-state index >= 15 is 0 Å². The summed E-state index contributed by atoms with van der Waals surface area (Å²) in [6.07, 6.45) is 4.89. The number of nitrogens with zero attached hydrogens (tertiary/aromatic N) is 1. The summed E-state index contributed by atoms with van der Waals surface area (Å²) >= 11 is 14.7. The summed E-state index contributed by atoms with van der Waals surface area (Å²) in [6, 6.07) is 24.6. The van der Waals surface area contributed by atoms with Gasteiger partial charge in [-0.1, -0.05) is 90.6 Å². The Morgan fingerprint density at radius 1 is 0.892 bits per heavy atom. The van der Waals surface area contributed by atoms with Crippen molar-refractivity contribution in [2.75, 3.05) is 5.75 Å². The Morgan fingerprint density at radius 3 is 2.16 bits per heavy atom. The molecular weight excluding hydrogens is 523 g/mol. The van der Waals surface area contributed by atoms with E-state index < -0.39 is 6.04 Å². The lowest BCUT2D eigenvalue weighted by molar-refractivity contribution is -0.141. The second kappa shape index (κ2) is 13.9. The van der Waals surface area contributed by atoms with Gasteiger partial charge in [-0.05, 0) is 42.7 Å². The van der Waals surface area contributed by atoms with Crippen molar-refractivity contribution in [3.05, 3.63) is 100 Å². The van der Waals surface area contributed by atoms with Gasteiger partial charge in [-0.2, -0.15) is 0 Å². The van der Waals surface area contributed by atoms with Gasteiger partial charge in [0.25, 0.3) is 0 Å². The third-order valence-corrected chi connectivity index (χ3v) is 8.41. The number of thioether (sulfide) groups is 1. The van der Waals surface area contributed by atoms with Crippen LogP contribution < -0.4 is 5.32 Å². The van der Waals surface area contributed by atoms with Crippen molar-refractivity contribution in [3.8, 4) is 0 Å². The molecule has 1 saturated carbocycles. The van der Waals surface area contributed by atoms with Crippen LogP contribution in [-0.4, -0.2) is 34.6 Å². The van der Waals surface area contributed by atoms with E-state index in [1.165, 1.54) is 0 Å². The monoisotopic (exact) mass is 554 g/mol. The zero-order valence-corrected chi connectivity index (χ0v) is 23.1. The average Bonchev–Trinajstić information content (AvgIpc) is 3.42. The van der Waals surface area contributed by atoms with Crippen molar-refractivity contribution in [1.29, 1.82) is 0 Å². The maximum atomic E-state index is 13.8. The Morgan fingerprint density at radius 2 is 1.51 bits per heavy atom. The molecule has 0 aliphatic heterocycles. The zero-order chi connectivity index (χ0) is 26.0. The molecule has 4 nitrogen and oxygen atoms in total. The Bertz CT molecular complexity index is 1150. The van der Waals surface area contributed by atoms with Gasteiger partial charge in [0, 0.05) is 51.7 Å². The number of halogens is 2. The fourth-order valence-corrected chi connectivity index (χ4v) is 6.07. The largest absolute Gasteiger partial charge is 0.352 e. The summed E-state index contributed by atoms with van der Waals surface area (Å²) in [5.41, 5.74) is 1.65. The van der Waals surface area contributed by atoms with Crippen LogP contribution in [0.25, 0.3) is 0 Å². The molecule has 3 aromatic carbocycles. The van der Waals surface area contributed by atoms with E-state index in [0.717, 1.165) is 36.1 Å². The van der Waals surface area contributed by atoms with Crippen LogP contribution in [0.15, 0.2) is 83.8 Å². The lowest BCUT2D eigenvalue weighted by atomic mass is 10.0. The summed E-state index contributed by atoms with van der Waals surface area (Å²) in [4.78, 5) is 30.3. The topological polar surface area (TPSA) is 49.4 Å². The molecule has 2 amide bonds. The lowest BCUT2D eigenvalue weighted by Gasteiger charge is -2.33. The summed E-state index contributed by atoms with van der Waals surface area (Å²) in [7, 11) is 0. The third-order valence-electron chi connectivity index (χ3n) is 6.69. The van der Waals surface area contributed by atoms with Gasteiger partial charge in [0.15, 0.2) is 0 Å². The molecular formula is C30H32Cl2N2O2S. The lowest BCUT2D eigenvalue weighted by Crippen LogP contribution is -2.52. The van der Waals surface area contributed by atoms with Crippen molar-refractivity contribution >= 4 is 46.8 Å². The fourth-order valence-electron chi connectivity index (χ4n) is 4.69. The van der Waals surface area contributed by atoms with Crippen LogP contribution in [0, 0.1) is 0 Å². The van der Waals surface area contributed by atoms with E-state index in [4.69, 9.17) is 23.2 Å². The highest BCUT2D eigenvalue weighted by Crippen LogP contribution is 2.28. The van der Waals surface area contributed by atoms with Gasteiger partial charge < -0.3 is 10.2 Å². The van der Waals surface area contributed by atoms with Gasteiger partial charge in [-0.15, -0.1) is 11.8 Å². The van der Waals surface area contributed by atoms with Crippen LogP contribution in [0.3, 0.4) is 0 Å². The first-order chi connectivity index (χ1) is 18.0. The standard InChI is InChI=1S/C30H32Cl2N2O2S/c31-26-16-9-17-27(32)25(26)21-34(29(35)18-19-37-24-14-5-2-6-15-24)28(20-22-10-3-1-4-11-22)30(36)33-23-12-7-8-13-23/h1-6,9-11,14-17,23,28H,7-8,12-13,18-21H2,(H,33,36). The van der Waals surface area contributed by atoms with Gasteiger partial charge in [0.1, 0.15) is 6.04 Å². The number of rotatable bonds is 11. The first-order valence-electron chi connectivity index (χ1n) is 12.8. The van der Waals surface area contributed by atoms with E-state index in [0.29, 0.717) is 34.2 Å². The summed E-state index contributed by atoms with van der Waals surface area (Å²) in [5.74, 6) is 0.391. The molecule has 1 aliphatic carbocycles. The van der Waals surface area contributed by atoms with Crippen LogP contribution in [0.4, 0.5) is 0 Å². The van der Waals surface area contributed by atoms with Gasteiger partial charge >= 0.3 is 0 Å². The van der Waals surface area contributed by atoms with Gasteiger partial charge in [-0.3, -0.25) is 9.59 Å². The smallest absolute Gasteiger partial charge is 0.243 e. The SMILES string of the molecule is O=C(NC1CCCC1)C(Cc1ccccc1)N(Cc1c(Cl)cccc1Cl)C(=O)CCSc1ccccc1. The minimum Gasteiger partial charge on any atom is -0.352 e. The molecule has 0 aromatic heterocycles. The molecule has 0 bridgehead atoms. The highest BCUT2D eigenvalue weighted by molar-refractivity contribution is 7.99. The van der Waals surface area contributed by atoms with Crippen molar-refractivity contribution in [2.24, 2.45) is 0 Å².